The number of carbonyl (C=O) groups is 1. The number of rotatable bonds is 6. The summed E-state index contributed by atoms with van der Waals surface area (Å²) < 4.78 is 0. The third-order valence-corrected chi connectivity index (χ3v) is 5.52. The topological polar surface area (TPSA) is 58.4 Å². The van der Waals surface area contributed by atoms with E-state index in [1.165, 1.54) is 16.7 Å². The second kappa shape index (κ2) is 8.57. The van der Waals surface area contributed by atoms with Gasteiger partial charge in [0, 0.05) is 23.8 Å². The van der Waals surface area contributed by atoms with Gasteiger partial charge >= 0.3 is 0 Å². The van der Waals surface area contributed by atoms with E-state index >= 15 is 0 Å². The number of carbonyl (C=O) groups excluding carboxylic acids is 1. The molecule has 1 unspecified atom stereocenters. The molecule has 4 nitrogen and oxygen atoms in total. The molecule has 0 bridgehead atoms. The van der Waals surface area contributed by atoms with Crippen LogP contribution in [0.3, 0.4) is 0 Å². The summed E-state index contributed by atoms with van der Waals surface area (Å²) in [4.78, 5) is 15.1. The maximum absolute atomic E-state index is 12.7. The first-order valence-electron chi connectivity index (χ1n) is 10.00. The van der Waals surface area contributed by atoms with Crippen molar-refractivity contribution >= 4 is 11.6 Å². The van der Waals surface area contributed by atoms with E-state index in [2.05, 4.69) is 49.2 Å². The summed E-state index contributed by atoms with van der Waals surface area (Å²) in [7, 11) is 0. The standard InChI is InChI=1S/C23H31N3O/c1-4-26(16(2)3)15-17-8-10-18(11-9-17)23(27)25-22-7-5-6-19-14-20(24)12-13-21(19)22/h8-14,16,22H,4-7,15,24H2,1-3H3,(H,25,27). The molecule has 1 aliphatic carbocycles. The molecule has 2 aromatic rings. The Balaban J connectivity index is 1.67. The van der Waals surface area contributed by atoms with E-state index in [9.17, 15) is 4.79 Å². The van der Waals surface area contributed by atoms with Crippen molar-refractivity contribution in [1.29, 1.82) is 0 Å². The number of anilines is 1. The van der Waals surface area contributed by atoms with E-state index in [0.29, 0.717) is 11.6 Å². The fourth-order valence-corrected chi connectivity index (χ4v) is 3.88. The van der Waals surface area contributed by atoms with Gasteiger partial charge < -0.3 is 11.1 Å². The number of nitrogens with two attached hydrogens (primary N) is 1. The van der Waals surface area contributed by atoms with Crippen LogP contribution in [0, 0.1) is 0 Å². The highest BCUT2D eigenvalue weighted by Crippen LogP contribution is 2.31. The van der Waals surface area contributed by atoms with Crippen LogP contribution in [-0.2, 0) is 13.0 Å². The molecular weight excluding hydrogens is 334 g/mol. The highest BCUT2D eigenvalue weighted by Gasteiger charge is 2.22. The number of aryl methyl sites for hydroxylation is 1. The molecule has 3 rings (SSSR count). The Morgan fingerprint density at radius 2 is 1.96 bits per heavy atom. The molecule has 4 heteroatoms. The van der Waals surface area contributed by atoms with Gasteiger partial charge in [0.05, 0.1) is 6.04 Å². The van der Waals surface area contributed by atoms with Crippen molar-refractivity contribution < 1.29 is 4.79 Å². The van der Waals surface area contributed by atoms with Gasteiger partial charge in [0.2, 0.25) is 0 Å². The van der Waals surface area contributed by atoms with Gasteiger partial charge in [-0.15, -0.1) is 0 Å². The number of nitrogens with one attached hydrogen (secondary N) is 1. The quantitative estimate of drug-likeness (QED) is 0.750. The lowest BCUT2D eigenvalue weighted by Crippen LogP contribution is -2.31. The highest BCUT2D eigenvalue weighted by molar-refractivity contribution is 5.94. The predicted octanol–water partition coefficient (Wildman–Crippen LogP) is 4.31. The lowest BCUT2D eigenvalue weighted by Gasteiger charge is -2.27. The molecule has 1 atom stereocenters. The molecule has 0 fully saturated rings. The Morgan fingerprint density at radius 3 is 2.63 bits per heavy atom. The first-order valence-corrected chi connectivity index (χ1v) is 10.00. The van der Waals surface area contributed by atoms with E-state index in [4.69, 9.17) is 5.73 Å². The largest absolute Gasteiger partial charge is 0.399 e. The van der Waals surface area contributed by atoms with E-state index in [1.807, 2.05) is 24.3 Å². The summed E-state index contributed by atoms with van der Waals surface area (Å²) in [5.41, 5.74) is 11.1. The van der Waals surface area contributed by atoms with Crippen LogP contribution in [0.4, 0.5) is 5.69 Å². The number of fused-ring (bicyclic) bond motifs is 1. The molecule has 2 aromatic carbocycles. The third-order valence-electron chi connectivity index (χ3n) is 5.52. The molecule has 0 aromatic heterocycles. The minimum Gasteiger partial charge on any atom is -0.399 e. The number of hydrogen-bond acceptors (Lipinski definition) is 3. The lowest BCUT2D eigenvalue weighted by molar-refractivity contribution is 0.0932. The average Bonchev–Trinajstić information content (AvgIpc) is 2.66. The van der Waals surface area contributed by atoms with Crippen molar-refractivity contribution in [2.45, 2.75) is 58.7 Å². The Morgan fingerprint density at radius 1 is 1.22 bits per heavy atom. The summed E-state index contributed by atoms with van der Waals surface area (Å²) in [6.45, 7) is 8.53. The molecule has 3 N–H and O–H groups in total. The average molecular weight is 366 g/mol. The molecule has 144 valence electrons. The molecule has 27 heavy (non-hydrogen) atoms. The van der Waals surface area contributed by atoms with Crippen molar-refractivity contribution in [1.82, 2.24) is 10.2 Å². The number of amides is 1. The van der Waals surface area contributed by atoms with Crippen molar-refractivity contribution in [2.75, 3.05) is 12.3 Å². The third kappa shape index (κ3) is 4.69. The normalized spacial score (nSPS) is 16.4. The molecular formula is C23H31N3O. The lowest BCUT2D eigenvalue weighted by atomic mass is 9.87. The van der Waals surface area contributed by atoms with Gasteiger partial charge in [-0.3, -0.25) is 9.69 Å². The zero-order chi connectivity index (χ0) is 19.4. The number of nitrogens with zero attached hydrogens (tertiary/aromatic N) is 1. The van der Waals surface area contributed by atoms with Gasteiger partial charge in [0.25, 0.3) is 5.91 Å². The Labute approximate surface area is 162 Å². The van der Waals surface area contributed by atoms with Crippen molar-refractivity contribution in [3.05, 3.63) is 64.7 Å². The fourth-order valence-electron chi connectivity index (χ4n) is 3.88. The number of nitrogen functional groups attached to an aromatic ring is 1. The van der Waals surface area contributed by atoms with Crippen LogP contribution in [0.25, 0.3) is 0 Å². The Hall–Kier alpha value is -2.33. The molecule has 1 aliphatic rings. The number of hydrogen-bond donors (Lipinski definition) is 2. The van der Waals surface area contributed by atoms with Gasteiger partial charge in [-0.05, 0) is 80.6 Å². The van der Waals surface area contributed by atoms with Crippen LogP contribution in [-0.4, -0.2) is 23.4 Å². The van der Waals surface area contributed by atoms with Crippen LogP contribution >= 0.6 is 0 Å². The SMILES string of the molecule is CCN(Cc1ccc(C(=O)NC2CCCc3cc(N)ccc32)cc1)C(C)C. The second-order valence-electron chi connectivity index (χ2n) is 7.73. The van der Waals surface area contributed by atoms with E-state index in [1.54, 1.807) is 0 Å². The maximum Gasteiger partial charge on any atom is 0.251 e. The molecule has 0 aliphatic heterocycles. The summed E-state index contributed by atoms with van der Waals surface area (Å²) in [5, 5.41) is 3.21. The predicted molar refractivity (Wildman–Crippen MR) is 112 cm³/mol. The van der Waals surface area contributed by atoms with Crippen LogP contribution in [0.5, 0.6) is 0 Å². The van der Waals surface area contributed by atoms with Gasteiger partial charge in [-0.25, -0.2) is 0 Å². The van der Waals surface area contributed by atoms with Gasteiger partial charge in [-0.2, -0.15) is 0 Å². The molecule has 0 spiro atoms. The molecule has 0 saturated carbocycles. The first-order chi connectivity index (χ1) is 13.0. The van der Waals surface area contributed by atoms with Crippen molar-refractivity contribution in [3.8, 4) is 0 Å². The van der Waals surface area contributed by atoms with Crippen LogP contribution in [0.15, 0.2) is 42.5 Å². The smallest absolute Gasteiger partial charge is 0.251 e. The molecule has 0 saturated heterocycles. The minimum absolute atomic E-state index is 0.00701. The van der Waals surface area contributed by atoms with Crippen LogP contribution < -0.4 is 11.1 Å². The van der Waals surface area contributed by atoms with E-state index in [-0.39, 0.29) is 11.9 Å². The Kier molecular flexibility index (Phi) is 6.17. The van der Waals surface area contributed by atoms with Crippen molar-refractivity contribution in [3.63, 3.8) is 0 Å². The van der Waals surface area contributed by atoms with Crippen molar-refractivity contribution in [2.24, 2.45) is 0 Å². The zero-order valence-corrected chi connectivity index (χ0v) is 16.7. The van der Waals surface area contributed by atoms with Gasteiger partial charge in [0.15, 0.2) is 0 Å². The van der Waals surface area contributed by atoms with E-state index in [0.717, 1.165) is 38.0 Å². The number of benzene rings is 2. The second-order valence-corrected chi connectivity index (χ2v) is 7.73. The molecule has 1 amide bonds. The van der Waals surface area contributed by atoms with Gasteiger partial charge in [-0.1, -0.05) is 25.1 Å². The first kappa shape index (κ1) is 19.4. The molecule has 0 heterocycles. The maximum atomic E-state index is 12.7. The molecule has 0 radical (unpaired) electrons. The van der Waals surface area contributed by atoms with Gasteiger partial charge in [0.1, 0.15) is 0 Å². The summed E-state index contributed by atoms with van der Waals surface area (Å²) in [5.74, 6) is -0.00701. The zero-order valence-electron chi connectivity index (χ0n) is 16.7. The van der Waals surface area contributed by atoms with Crippen LogP contribution in [0.2, 0.25) is 0 Å². The summed E-state index contributed by atoms with van der Waals surface area (Å²) in [6, 6.07) is 14.6. The highest BCUT2D eigenvalue weighted by atomic mass is 16.1. The minimum atomic E-state index is -0.00701. The monoisotopic (exact) mass is 365 g/mol. The summed E-state index contributed by atoms with van der Waals surface area (Å²) in [6.07, 6.45) is 3.08. The van der Waals surface area contributed by atoms with Crippen LogP contribution in [0.1, 0.15) is 66.7 Å². The van der Waals surface area contributed by atoms with E-state index < -0.39 is 0 Å². The fraction of sp³-hybridized carbons (Fsp3) is 0.435. The summed E-state index contributed by atoms with van der Waals surface area (Å²) >= 11 is 0. The Bertz CT molecular complexity index is 783.